The molecule has 0 fully saturated rings. The number of carbonyl (C=O) groups is 1. The summed E-state index contributed by atoms with van der Waals surface area (Å²) in [5, 5.41) is 9.28. The molecule has 156 valence electrons. The molecular weight excluding hydrogens is 394 g/mol. The number of allylic oxidation sites excluding steroid dienone is 1. The third-order valence-corrected chi connectivity index (χ3v) is 5.65. The molecule has 3 rings (SSSR count). The minimum Gasteiger partial charge on any atom is -0.485 e. The molecule has 0 unspecified atom stereocenters. The molecule has 30 heavy (non-hydrogen) atoms. The predicted molar refractivity (Wildman–Crippen MR) is 121 cm³/mol. The predicted octanol–water partition coefficient (Wildman–Crippen LogP) is 5.45. The summed E-state index contributed by atoms with van der Waals surface area (Å²) in [5.74, 6) is 2.30. The van der Waals surface area contributed by atoms with Crippen LogP contribution in [0.3, 0.4) is 0 Å². The fourth-order valence-corrected chi connectivity index (χ4v) is 3.93. The van der Waals surface area contributed by atoms with Crippen LogP contribution < -0.4 is 4.74 Å². The van der Waals surface area contributed by atoms with Crippen LogP contribution in [0.5, 0.6) is 5.75 Å². The molecule has 1 heterocycles. The van der Waals surface area contributed by atoms with E-state index in [4.69, 9.17) is 4.74 Å². The number of benzene rings is 2. The average Bonchev–Trinajstić information content (AvgIpc) is 3.12. The maximum atomic E-state index is 12.4. The molecule has 1 aromatic heterocycles. The summed E-state index contributed by atoms with van der Waals surface area (Å²) in [6.07, 6.45) is 1.79. The average molecular weight is 422 g/mol. The largest absolute Gasteiger partial charge is 0.485 e. The van der Waals surface area contributed by atoms with Gasteiger partial charge in [-0.05, 0) is 30.0 Å². The van der Waals surface area contributed by atoms with Gasteiger partial charge in [-0.15, -0.1) is 16.8 Å². The van der Waals surface area contributed by atoms with Crippen molar-refractivity contribution >= 4 is 17.5 Å². The lowest BCUT2D eigenvalue weighted by atomic mass is 10.0. The molecule has 0 saturated heterocycles. The maximum absolute atomic E-state index is 12.4. The van der Waals surface area contributed by atoms with E-state index < -0.39 is 0 Å². The quantitative estimate of drug-likeness (QED) is 0.247. The summed E-state index contributed by atoms with van der Waals surface area (Å²) < 4.78 is 8.07. The van der Waals surface area contributed by atoms with Gasteiger partial charge >= 0.3 is 0 Å². The zero-order valence-corrected chi connectivity index (χ0v) is 18.5. The highest BCUT2D eigenvalue weighted by atomic mass is 32.2. The van der Waals surface area contributed by atoms with Crippen molar-refractivity contribution in [2.24, 2.45) is 0 Å². The second-order valence-corrected chi connectivity index (χ2v) is 8.30. The number of nitrogens with zero attached hydrogens (tertiary/aromatic N) is 3. The number of Topliss-reactive ketones (excluding diaryl/α,β-unsaturated/α-hetero) is 1. The van der Waals surface area contributed by atoms with Gasteiger partial charge in [-0.3, -0.25) is 9.36 Å². The van der Waals surface area contributed by atoms with Gasteiger partial charge in [-0.2, -0.15) is 0 Å². The van der Waals surface area contributed by atoms with Crippen molar-refractivity contribution in [3.8, 4) is 5.75 Å². The van der Waals surface area contributed by atoms with Gasteiger partial charge in [0.2, 0.25) is 0 Å². The van der Waals surface area contributed by atoms with E-state index in [0.717, 1.165) is 11.3 Å². The normalized spacial score (nSPS) is 10.9. The van der Waals surface area contributed by atoms with Crippen LogP contribution in [0.25, 0.3) is 0 Å². The summed E-state index contributed by atoms with van der Waals surface area (Å²) in [6.45, 7) is 11.0. The van der Waals surface area contributed by atoms with Crippen LogP contribution in [0.1, 0.15) is 47.1 Å². The smallest absolute Gasteiger partial charge is 0.192 e. The van der Waals surface area contributed by atoms with Crippen molar-refractivity contribution in [2.75, 3.05) is 5.75 Å². The van der Waals surface area contributed by atoms with Gasteiger partial charge < -0.3 is 4.74 Å². The summed E-state index contributed by atoms with van der Waals surface area (Å²) in [7, 11) is 0. The van der Waals surface area contributed by atoms with Crippen LogP contribution in [0, 0.1) is 6.92 Å². The van der Waals surface area contributed by atoms with E-state index >= 15 is 0 Å². The number of carbonyl (C=O) groups excluding carboxylic acids is 1. The van der Waals surface area contributed by atoms with Crippen LogP contribution in [0.4, 0.5) is 0 Å². The van der Waals surface area contributed by atoms with E-state index in [-0.39, 0.29) is 5.78 Å². The third kappa shape index (κ3) is 5.39. The van der Waals surface area contributed by atoms with Crippen LogP contribution >= 0.6 is 11.8 Å². The molecule has 0 bridgehead atoms. The molecule has 0 amide bonds. The van der Waals surface area contributed by atoms with Gasteiger partial charge in [-0.25, -0.2) is 0 Å². The Kier molecular flexibility index (Phi) is 7.46. The highest BCUT2D eigenvalue weighted by Gasteiger charge is 2.16. The maximum Gasteiger partial charge on any atom is 0.192 e. The Morgan fingerprint density at radius 3 is 2.67 bits per heavy atom. The molecule has 0 aliphatic carbocycles. The second kappa shape index (κ2) is 10.3. The van der Waals surface area contributed by atoms with Crippen molar-refractivity contribution < 1.29 is 9.53 Å². The van der Waals surface area contributed by atoms with Gasteiger partial charge in [0.1, 0.15) is 12.4 Å². The van der Waals surface area contributed by atoms with E-state index in [0.29, 0.717) is 41.4 Å². The number of rotatable bonds is 10. The number of hydrogen-bond donors (Lipinski definition) is 0. The molecule has 5 nitrogen and oxygen atoms in total. The van der Waals surface area contributed by atoms with Crippen LogP contribution in [0.15, 0.2) is 66.3 Å². The van der Waals surface area contributed by atoms with Crippen molar-refractivity contribution in [3.63, 3.8) is 0 Å². The standard InChI is InChI=1S/C24H27N3O2S/c1-5-13-27-23(15-29-22-14-18(4)11-12-20(22)17(2)3)25-26-24(27)30-16-21(28)19-9-7-6-8-10-19/h5-12,14,17H,1,13,15-16H2,2-4H3. The molecule has 0 saturated carbocycles. The number of hydrogen-bond acceptors (Lipinski definition) is 5. The molecule has 0 aliphatic heterocycles. The minimum atomic E-state index is 0.0629. The second-order valence-electron chi connectivity index (χ2n) is 7.36. The fraction of sp³-hybridized carbons (Fsp3) is 0.292. The van der Waals surface area contributed by atoms with E-state index in [2.05, 4.69) is 55.7 Å². The van der Waals surface area contributed by atoms with Gasteiger partial charge in [0.05, 0.1) is 5.75 Å². The monoisotopic (exact) mass is 421 g/mol. The molecule has 3 aromatic rings. The molecular formula is C24H27N3O2S. The minimum absolute atomic E-state index is 0.0629. The van der Waals surface area contributed by atoms with Crippen molar-refractivity contribution in [3.05, 3.63) is 83.7 Å². The third-order valence-electron chi connectivity index (χ3n) is 4.68. The Balaban J connectivity index is 1.72. The van der Waals surface area contributed by atoms with E-state index in [1.165, 1.54) is 17.3 Å². The molecule has 2 aromatic carbocycles. The van der Waals surface area contributed by atoms with E-state index in [1.807, 2.05) is 34.9 Å². The lowest BCUT2D eigenvalue weighted by Gasteiger charge is -2.15. The van der Waals surface area contributed by atoms with Gasteiger partial charge in [0, 0.05) is 12.1 Å². The SMILES string of the molecule is C=CCn1c(COc2cc(C)ccc2C(C)C)nnc1SCC(=O)c1ccccc1. The van der Waals surface area contributed by atoms with E-state index in [9.17, 15) is 4.79 Å². The Labute approximate surface area is 182 Å². The van der Waals surface area contributed by atoms with Crippen LogP contribution in [-0.4, -0.2) is 26.3 Å². The van der Waals surface area contributed by atoms with E-state index in [1.54, 1.807) is 6.08 Å². The number of ether oxygens (including phenoxy) is 1. The first-order valence-corrected chi connectivity index (χ1v) is 11.0. The number of aryl methyl sites for hydroxylation is 1. The number of thioether (sulfide) groups is 1. The van der Waals surface area contributed by atoms with Gasteiger partial charge in [0.15, 0.2) is 16.8 Å². The molecule has 0 radical (unpaired) electrons. The number of aromatic nitrogens is 3. The lowest BCUT2D eigenvalue weighted by Crippen LogP contribution is -2.09. The number of ketones is 1. The van der Waals surface area contributed by atoms with Gasteiger partial charge in [0.25, 0.3) is 0 Å². The Hall–Kier alpha value is -2.86. The summed E-state index contributed by atoms with van der Waals surface area (Å²) in [4.78, 5) is 12.4. The summed E-state index contributed by atoms with van der Waals surface area (Å²) in [5.41, 5.74) is 3.01. The zero-order chi connectivity index (χ0) is 21.5. The zero-order valence-electron chi connectivity index (χ0n) is 17.7. The first-order chi connectivity index (χ1) is 14.5. The van der Waals surface area contributed by atoms with Gasteiger partial charge in [-0.1, -0.05) is 74.1 Å². The Morgan fingerprint density at radius 2 is 1.97 bits per heavy atom. The highest BCUT2D eigenvalue weighted by Crippen LogP contribution is 2.28. The first-order valence-electron chi connectivity index (χ1n) is 9.97. The highest BCUT2D eigenvalue weighted by molar-refractivity contribution is 7.99. The van der Waals surface area contributed by atoms with Crippen molar-refractivity contribution in [1.82, 2.24) is 14.8 Å². The first kappa shape index (κ1) is 21.8. The molecule has 0 N–H and O–H groups in total. The molecule has 0 aliphatic rings. The Morgan fingerprint density at radius 1 is 1.20 bits per heavy atom. The topological polar surface area (TPSA) is 57.0 Å². The molecule has 0 atom stereocenters. The Bertz CT molecular complexity index is 1010. The summed E-state index contributed by atoms with van der Waals surface area (Å²) >= 11 is 1.38. The van der Waals surface area contributed by atoms with Crippen LogP contribution in [-0.2, 0) is 13.2 Å². The fourth-order valence-electron chi connectivity index (χ4n) is 3.07. The van der Waals surface area contributed by atoms with Crippen LogP contribution in [0.2, 0.25) is 0 Å². The van der Waals surface area contributed by atoms with Crippen molar-refractivity contribution in [2.45, 2.75) is 45.0 Å². The molecule has 0 spiro atoms. The van der Waals surface area contributed by atoms with Crippen molar-refractivity contribution in [1.29, 1.82) is 0 Å². The lowest BCUT2D eigenvalue weighted by molar-refractivity contribution is 0.102. The summed E-state index contributed by atoms with van der Waals surface area (Å²) in [6, 6.07) is 15.5. The molecule has 6 heteroatoms.